The second-order valence-electron chi connectivity index (χ2n) is 4.45. The van der Waals surface area contributed by atoms with E-state index in [1.54, 1.807) is 43.3 Å². The number of halogens is 1. The zero-order valence-electron chi connectivity index (χ0n) is 11.2. The molecule has 0 fully saturated rings. The van der Waals surface area contributed by atoms with E-state index in [-0.39, 0.29) is 23.8 Å². The third kappa shape index (κ3) is 3.88. The number of ether oxygens (including phenoxy) is 1. The van der Waals surface area contributed by atoms with Crippen LogP contribution >= 0.6 is 15.9 Å². The van der Waals surface area contributed by atoms with Crippen molar-refractivity contribution >= 4 is 27.4 Å². The van der Waals surface area contributed by atoms with Gasteiger partial charge in [-0.1, -0.05) is 34.1 Å². The van der Waals surface area contributed by atoms with Crippen molar-refractivity contribution in [3.63, 3.8) is 0 Å². The number of carbonyl (C=O) groups excluding carboxylic acids is 1. The van der Waals surface area contributed by atoms with Crippen molar-refractivity contribution in [2.75, 3.05) is 6.61 Å². The summed E-state index contributed by atoms with van der Waals surface area (Å²) in [7, 11) is 0. The van der Waals surface area contributed by atoms with Crippen LogP contribution in [-0.2, 0) is 0 Å². The topological polar surface area (TPSA) is 69.4 Å². The van der Waals surface area contributed by atoms with Crippen LogP contribution < -0.4 is 4.74 Å². The number of nitro groups is 1. The van der Waals surface area contributed by atoms with E-state index >= 15 is 0 Å². The number of hydrogen-bond acceptors (Lipinski definition) is 4. The van der Waals surface area contributed by atoms with Gasteiger partial charge in [0, 0.05) is 16.1 Å². The van der Waals surface area contributed by atoms with Crippen LogP contribution in [0.15, 0.2) is 46.9 Å². The molecule has 2 aromatic carbocycles. The molecule has 0 radical (unpaired) electrons. The van der Waals surface area contributed by atoms with Gasteiger partial charge in [0.25, 0.3) is 0 Å². The molecule has 0 N–H and O–H groups in total. The van der Waals surface area contributed by atoms with Crippen LogP contribution in [0, 0.1) is 17.0 Å². The molecule has 0 aliphatic carbocycles. The lowest BCUT2D eigenvalue weighted by molar-refractivity contribution is -0.385. The predicted octanol–water partition coefficient (Wildman–Crippen LogP) is 3.93. The lowest BCUT2D eigenvalue weighted by Crippen LogP contribution is -2.12. The van der Waals surface area contributed by atoms with Crippen molar-refractivity contribution in [2.24, 2.45) is 0 Å². The summed E-state index contributed by atoms with van der Waals surface area (Å²) in [5.41, 5.74) is 1.17. The molecule has 0 aliphatic rings. The molecule has 0 saturated carbocycles. The van der Waals surface area contributed by atoms with Gasteiger partial charge in [-0.05, 0) is 30.7 Å². The zero-order valence-corrected chi connectivity index (χ0v) is 12.8. The Bertz CT molecular complexity index is 683. The van der Waals surface area contributed by atoms with E-state index in [1.165, 1.54) is 6.07 Å². The van der Waals surface area contributed by atoms with E-state index < -0.39 is 4.92 Å². The third-order valence-electron chi connectivity index (χ3n) is 2.84. The summed E-state index contributed by atoms with van der Waals surface area (Å²) in [5, 5.41) is 10.9. The van der Waals surface area contributed by atoms with Crippen LogP contribution in [0.2, 0.25) is 0 Å². The fourth-order valence-corrected chi connectivity index (χ4v) is 2.01. The van der Waals surface area contributed by atoms with Gasteiger partial charge < -0.3 is 4.74 Å². The lowest BCUT2D eigenvalue weighted by Gasteiger charge is -2.07. The Kier molecular flexibility index (Phi) is 4.70. The van der Waals surface area contributed by atoms with Crippen LogP contribution in [0.1, 0.15) is 15.9 Å². The molecule has 0 heterocycles. The van der Waals surface area contributed by atoms with Crippen LogP contribution in [-0.4, -0.2) is 17.3 Å². The van der Waals surface area contributed by atoms with Crippen LogP contribution in [0.5, 0.6) is 5.75 Å². The predicted molar refractivity (Wildman–Crippen MR) is 81.8 cm³/mol. The molecule has 0 aliphatic heterocycles. The van der Waals surface area contributed by atoms with E-state index in [2.05, 4.69) is 15.9 Å². The second-order valence-corrected chi connectivity index (χ2v) is 5.36. The Labute approximate surface area is 129 Å². The number of nitro benzene ring substituents is 1. The minimum Gasteiger partial charge on any atom is -0.478 e. The number of benzene rings is 2. The minimum atomic E-state index is -0.529. The van der Waals surface area contributed by atoms with Gasteiger partial charge in [-0.15, -0.1) is 0 Å². The number of nitrogens with zero attached hydrogens (tertiary/aromatic N) is 1. The maximum atomic E-state index is 12.0. The summed E-state index contributed by atoms with van der Waals surface area (Å²) in [4.78, 5) is 22.4. The van der Waals surface area contributed by atoms with E-state index in [9.17, 15) is 14.9 Å². The monoisotopic (exact) mass is 349 g/mol. The van der Waals surface area contributed by atoms with E-state index in [4.69, 9.17) is 4.74 Å². The first-order chi connectivity index (χ1) is 9.97. The third-order valence-corrected chi connectivity index (χ3v) is 3.37. The highest BCUT2D eigenvalue weighted by atomic mass is 79.9. The highest BCUT2D eigenvalue weighted by molar-refractivity contribution is 9.10. The van der Waals surface area contributed by atoms with Crippen molar-refractivity contribution in [1.82, 2.24) is 0 Å². The number of hydrogen-bond donors (Lipinski definition) is 0. The van der Waals surface area contributed by atoms with Gasteiger partial charge in [-0.25, -0.2) is 0 Å². The molecule has 0 unspecified atom stereocenters. The molecule has 0 atom stereocenters. The fraction of sp³-hybridized carbons (Fsp3) is 0.133. The first-order valence-electron chi connectivity index (χ1n) is 6.14. The standard InChI is InChI=1S/C15H12BrNO4/c1-10-2-7-13(17(19)20)15(8-10)21-9-14(18)11-3-5-12(16)6-4-11/h2-8H,9H2,1H3. The van der Waals surface area contributed by atoms with E-state index in [1.807, 2.05) is 0 Å². The number of ketones is 1. The summed E-state index contributed by atoms with van der Waals surface area (Å²) in [6, 6.07) is 11.4. The molecule has 2 rings (SSSR count). The van der Waals surface area contributed by atoms with Gasteiger partial charge >= 0.3 is 5.69 Å². The number of carbonyl (C=O) groups is 1. The van der Waals surface area contributed by atoms with Crippen molar-refractivity contribution < 1.29 is 14.5 Å². The Balaban J connectivity index is 2.12. The van der Waals surface area contributed by atoms with Crippen LogP contribution in [0.4, 0.5) is 5.69 Å². The van der Waals surface area contributed by atoms with Crippen molar-refractivity contribution in [3.05, 3.63) is 68.2 Å². The molecule has 5 nitrogen and oxygen atoms in total. The van der Waals surface area contributed by atoms with Crippen LogP contribution in [0.3, 0.4) is 0 Å². The summed E-state index contributed by atoms with van der Waals surface area (Å²) < 4.78 is 6.19. The molecular formula is C15H12BrNO4. The van der Waals surface area contributed by atoms with Gasteiger partial charge in [0.1, 0.15) is 0 Å². The molecule has 2 aromatic rings. The smallest absolute Gasteiger partial charge is 0.310 e. The maximum Gasteiger partial charge on any atom is 0.310 e. The molecule has 21 heavy (non-hydrogen) atoms. The molecule has 0 bridgehead atoms. The van der Waals surface area contributed by atoms with Gasteiger partial charge in [-0.2, -0.15) is 0 Å². The van der Waals surface area contributed by atoms with Crippen molar-refractivity contribution in [3.8, 4) is 5.75 Å². The van der Waals surface area contributed by atoms with E-state index in [0.29, 0.717) is 5.56 Å². The molecule has 0 amide bonds. The first-order valence-corrected chi connectivity index (χ1v) is 6.93. The Morgan fingerprint density at radius 2 is 1.90 bits per heavy atom. The quantitative estimate of drug-likeness (QED) is 0.465. The number of Topliss-reactive ketones (excluding diaryl/α,β-unsaturated/α-hetero) is 1. The van der Waals surface area contributed by atoms with Gasteiger partial charge in [-0.3, -0.25) is 14.9 Å². The fourth-order valence-electron chi connectivity index (χ4n) is 1.75. The molecule has 0 spiro atoms. The minimum absolute atomic E-state index is 0.102. The summed E-state index contributed by atoms with van der Waals surface area (Å²) in [6.45, 7) is 1.55. The number of rotatable bonds is 5. The highest BCUT2D eigenvalue weighted by Crippen LogP contribution is 2.27. The summed E-state index contributed by atoms with van der Waals surface area (Å²) in [5.74, 6) is -0.135. The van der Waals surface area contributed by atoms with Crippen LogP contribution in [0.25, 0.3) is 0 Å². The zero-order chi connectivity index (χ0) is 15.4. The van der Waals surface area contributed by atoms with Crippen molar-refractivity contribution in [2.45, 2.75) is 6.92 Å². The second kappa shape index (κ2) is 6.49. The van der Waals surface area contributed by atoms with Crippen molar-refractivity contribution in [1.29, 1.82) is 0 Å². The Morgan fingerprint density at radius 3 is 2.52 bits per heavy atom. The summed E-state index contributed by atoms with van der Waals surface area (Å²) in [6.07, 6.45) is 0. The number of aryl methyl sites for hydroxylation is 1. The average molecular weight is 350 g/mol. The highest BCUT2D eigenvalue weighted by Gasteiger charge is 2.16. The molecule has 0 aromatic heterocycles. The van der Waals surface area contributed by atoms with Gasteiger partial charge in [0.15, 0.2) is 18.1 Å². The molecule has 108 valence electrons. The SMILES string of the molecule is Cc1ccc([N+](=O)[O-])c(OCC(=O)c2ccc(Br)cc2)c1. The largest absolute Gasteiger partial charge is 0.478 e. The average Bonchev–Trinajstić information content (AvgIpc) is 2.45. The van der Waals surface area contributed by atoms with E-state index in [0.717, 1.165) is 10.0 Å². The summed E-state index contributed by atoms with van der Waals surface area (Å²) >= 11 is 3.29. The van der Waals surface area contributed by atoms with Gasteiger partial charge in [0.2, 0.25) is 0 Å². The Hall–Kier alpha value is -2.21. The normalized spacial score (nSPS) is 10.2. The molecule has 6 heteroatoms. The molecule has 0 saturated heterocycles. The lowest BCUT2D eigenvalue weighted by atomic mass is 10.1. The van der Waals surface area contributed by atoms with Gasteiger partial charge in [0.05, 0.1) is 4.92 Å². The maximum absolute atomic E-state index is 12.0. The molecular weight excluding hydrogens is 338 g/mol. The Morgan fingerprint density at radius 1 is 1.24 bits per heavy atom. The first kappa shape index (κ1) is 15.2.